The molecule has 2 aromatic heterocycles. The molecular formula is C26H25ClF2N4O2. The van der Waals surface area contributed by atoms with Crippen LogP contribution in [0.2, 0.25) is 5.02 Å². The molecule has 0 unspecified atom stereocenters. The van der Waals surface area contributed by atoms with E-state index in [1.54, 1.807) is 19.4 Å². The third kappa shape index (κ3) is 4.39. The fourth-order valence-corrected chi connectivity index (χ4v) is 4.69. The molecule has 0 saturated carbocycles. The molecule has 0 aliphatic carbocycles. The number of ether oxygens (including phenoxy) is 1. The Bertz CT molecular complexity index is 1370. The molecule has 0 amide bonds. The van der Waals surface area contributed by atoms with Gasteiger partial charge < -0.3 is 24.7 Å². The third-order valence-electron chi connectivity index (χ3n) is 6.43. The van der Waals surface area contributed by atoms with Crippen LogP contribution in [0.15, 0.2) is 53.3 Å². The van der Waals surface area contributed by atoms with Crippen LogP contribution in [0.3, 0.4) is 0 Å². The summed E-state index contributed by atoms with van der Waals surface area (Å²) < 4.78 is 40.1. The summed E-state index contributed by atoms with van der Waals surface area (Å²) in [5.74, 6) is -1.19. The van der Waals surface area contributed by atoms with Gasteiger partial charge in [-0.1, -0.05) is 23.7 Å². The van der Waals surface area contributed by atoms with Crippen molar-refractivity contribution in [3.05, 3.63) is 71.1 Å². The number of pyridine rings is 1. The highest BCUT2D eigenvalue weighted by molar-refractivity contribution is 6.31. The van der Waals surface area contributed by atoms with Crippen LogP contribution in [0.4, 0.5) is 20.3 Å². The Morgan fingerprint density at radius 3 is 2.46 bits per heavy atom. The number of nitrogens with zero attached hydrogens (tertiary/aromatic N) is 3. The zero-order valence-corrected chi connectivity index (χ0v) is 20.1. The summed E-state index contributed by atoms with van der Waals surface area (Å²) in [5.41, 5.74) is 9.29. The van der Waals surface area contributed by atoms with Gasteiger partial charge in [0, 0.05) is 49.2 Å². The van der Waals surface area contributed by atoms with Crippen LogP contribution in [0.25, 0.3) is 22.1 Å². The van der Waals surface area contributed by atoms with E-state index in [0.29, 0.717) is 11.0 Å². The average Bonchev–Trinajstić information content (AvgIpc) is 3.28. The largest absolute Gasteiger partial charge is 0.478 e. The Kier molecular flexibility index (Phi) is 6.25. The zero-order valence-electron chi connectivity index (χ0n) is 19.4. The quantitative estimate of drug-likeness (QED) is 0.345. The number of fused-ring (bicyclic) bond motifs is 1. The Labute approximate surface area is 206 Å². The molecule has 5 rings (SSSR count). The van der Waals surface area contributed by atoms with Crippen LogP contribution in [0, 0.1) is 11.6 Å². The zero-order chi connectivity index (χ0) is 24.7. The lowest BCUT2D eigenvalue weighted by Gasteiger charge is -2.34. The van der Waals surface area contributed by atoms with E-state index in [0.717, 1.165) is 49.4 Å². The summed E-state index contributed by atoms with van der Waals surface area (Å²) in [5, 5.41) is 0.358. The number of piperazine rings is 1. The summed E-state index contributed by atoms with van der Waals surface area (Å²) in [4.78, 5) is 8.93. The topological polar surface area (TPSA) is 67.8 Å². The predicted octanol–water partition coefficient (Wildman–Crippen LogP) is 5.90. The van der Waals surface area contributed by atoms with E-state index in [2.05, 4.69) is 34.0 Å². The molecule has 9 heteroatoms. The highest BCUT2D eigenvalue weighted by atomic mass is 35.5. The average molecular weight is 499 g/mol. The molecule has 35 heavy (non-hydrogen) atoms. The Morgan fingerprint density at radius 1 is 1.06 bits per heavy atom. The first-order valence-corrected chi connectivity index (χ1v) is 11.7. The summed E-state index contributed by atoms with van der Waals surface area (Å²) >= 11 is 6.01. The highest BCUT2D eigenvalue weighted by Crippen LogP contribution is 2.41. The predicted molar refractivity (Wildman–Crippen MR) is 134 cm³/mol. The van der Waals surface area contributed by atoms with E-state index in [4.69, 9.17) is 26.5 Å². The number of hydrogen-bond donors (Lipinski definition) is 1. The van der Waals surface area contributed by atoms with Gasteiger partial charge in [0.05, 0.1) is 16.7 Å². The maximum atomic E-state index is 14.4. The number of nitrogen functional groups attached to an aromatic ring is 1. The third-order valence-corrected chi connectivity index (χ3v) is 6.81. The van der Waals surface area contributed by atoms with Gasteiger partial charge >= 0.3 is 0 Å². The van der Waals surface area contributed by atoms with E-state index in [9.17, 15) is 8.78 Å². The number of nitrogens with two attached hydrogens (primary N) is 1. The summed E-state index contributed by atoms with van der Waals surface area (Å²) in [6.45, 7) is 5.61. The minimum atomic E-state index is -0.940. The molecule has 0 spiro atoms. The molecule has 2 N–H and O–H groups in total. The summed E-state index contributed by atoms with van der Waals surface area (Å²) in [6, 6.07) is 10.3. The maximum Gasteiger partial charge on any atom is 0.205 e. The van der Waals surface area contributed by atoms with Crippen LogP contribution in [-0.4, -0.2) is 43.1 Å². The van der Waals surface area contributed by atoms with E-state index in [-0.39, 0.29) is 22.2 Å². The number of anilines is 2. The van der Waals surface area contributed by atoms with Crippen LogP contribution in [0.1, 0.15) is 18.6 Å². The molecule has 1 atom stereocenters. The Balaban J connectivity index is 1.45. The van der Waals surface area contributed by atoms with Crippen LogP contribution >= 0.6 is 11.6 Å². The van der Waals surface area contributed by atoms with E-state index < -0.39 is 17.7 Å². The van der Waals surface area contributed by atoms with Crippen molar-refractivity contribution in [2.24, 2.45) is 0 Å². The Hall–Kier alpha value is -3.36. The van der Waals surface area contributed by atoms with Gasteiger partial charge in [-0.05, 0) is 43.8 Å². The smallest absolute Gasteiger partial charge is 0.205 e. The lowest BCUT2D eigenvalue weighted by atomic mass is 10.0. The van der Waals surface area contributed by atoms with Crippen molar-refractivity contribution in [2.75, 3.05) is 43.9 Å². The minimum Gasteiger partial charge on any atom is -0.478 e. The molecule has 1 saturated heterocycles. The number of likely N-dealkylation sites (N-methyl/N-ethyl adjacent to an activating group) is 1. The Morgan fingerprint density at radius 2 is 1.74 bits per heavy atom. The summed E-state index contributed by atoms with van der Waals surface area (Å²) in [6.07, 6.45) is 2.29. The summed E-state index contributed by atoms with van der Waals surface area (Å²) in [7, 11) is 2.13. The van der Waals surface area contributed by atoms with Crippen molar-refractivity contribution >= 4 is 34.1 Å². The van der Waals surface area contributed by atoms with Gasteiger partial charge in [0.15, 0.2) is 11.4 Å². The molecule has 0 radical (unpaired) electrons. The maximum absolute atomic E-state index is 14.4. The van der Waals surface area contributed by atoms with Gasteiger partial charge in [-0.15, -0.1) is 0 Å². The van der Waals surface area contributed by atoms with Gasteiger partial charge in [-0.2, -0.15) is 0 Å². The van der Waals surface area contributed by atoms with Crippen LogP contribution < -0.4 is 15.4 Å². The number of benzene rings is 2. The molecule has 3 heterocycles. The van der Waals surface area contributed by atoms with Gasteiger partial charge in [0.1, 0.15) is 17.7 Å². The first-order valence-electron chi connectivity index (χ1n) is 11.3. The molecule has 4 aromatic rings. The SMILES string of the molecule is C[C@@H](Oc1c(N)ncc2c(-c3ccc(N4CCN(C)CC4)cc3)coc12)c1c(F)ccc(F)c1Cl. The number of rotatable bonds is 5. The minimum absolute atomic E-state index is 0.0728. The number of hydrogen-bond acceptors (Lipinski definition) is 6. The first kappa shape index (κ1) is 23.4. The van der Waals surface area contributed by atoms with Crippen molar-refractivity contribution in [1.29, 1.82) is 0 Å². The number of aromatic nitrogens is 1. The fraction of sp³-hybridized carbons (Fsp3) is 0.269. The van der Waals surface area contributed by atoms with E-state index in [1.165, 1.54) is 5.69 Å². The van der Waals surface area contributed by atoms with Crippen LogP contribution in [0.5, 0.6) is 5.75 Å². The standard InChI is InChI=1S/C26H25ClF2N4O2/c1-15(22-20(28)7-8-21(29)23(22)27)35-25-24-18(13-31-26(25)30)19(14-34-24)16-3-5-17(6-4-16)33-11-9-32(2)10-12-33/h3-8,13-15H,9-12H2,1-2H3,(H2,30,31)/t15-/m1/s1. The molecule has 1 fully saturated rings. The van der Waals surface area contributed by atoms with E-state index in [1.807, 2.05) is 12.1 Å². The molecule has 1 aliphatic heterocycles. The molecule has 6 nitrogen and oxygen atoms in total. The normalized spacial score (nSPS) is 15.5. The molecule has 0 bridgehead atoms. The lowest BCUT2D eigenvalue weighted by Crippen LogP contribution is -2.44. The van der Waals surface area contributed by atoms with Crippen molar-refractivity contribution < 1.29 is 17.9 Å². The van der Waals surface area contributed by atoms with Gasteiger partial charge in [-0.25, -0.2) is 13.8 Å². The number of furan rings is 1. The van der Waals surface area contributed by atoms with E-state index >= 15 is 0 Å². The second kappa shape index (κ2) is 9.36. The second-order valence-corrected chi connectivity index (χ2v) is 9.10. The highest BCUT2D eigenvalue weighted by Gasteiger charge is 2.24. The van der Waals surface area contributed by atoms with Gasteiger partial charge in [0.2, 0.25) is 5.75 Å². The molecule has 1 aliphatic rings. The molecule has 2 aromatic carbocycles. The first-order chi connectivity index (χ1) is 16.8. The fourth-order valence-electron chi connectivity index (χ4n) is 4.39. The van der Waals surface area contributed by atoms with Crippen LogP contribution in [-0.2, 0) is 0 Å². The molecule has 182 valence electrons. The van der Waals surface area contributed by atoms with Crippen molar-refractivity contribution in [1.82, 2.24) is 9.88 Å². The van der Waals surface area contributed by atoms with Crippen molar-refractivity contribution in [3.63, 3.8) is 0 Å². The second-order valence-electron chi connectivity index (χ2n) is 8.72. The number of halogens is 3. The lowest BCUT2D eigenvalue weighted by molar-refractivity contribution is 0.221. The molecular weight excluding hydrogens is 474 g/mol. The van der Waals surface area contributed by atoms with Crippen molar-refractivity contribution in [3.8, 4) is 16.9 Å². The van der Waals surface area contributed by atoms with Crippen molar-refractivity contribution in [2.45, 2.75) is 13.0 Å². The monoisotopic (exact) mass is 498 g/mol. The van der Waals surface area contributed by atoms with Gasteiger partial charge in [0.25, 0.3) is 0 Å². The van der Waals surface area contributed by atoms with Gasteiger partial charge in [-0.3, -0.25) is 0 Å².